The molecule has 18 heavy (non-hydrogen) atoms. The van der Waals surface area contributed by atoms with Crippen molar-refractivity contribution < 1.29 is 19.7 Å². The molecule has 1 aliphatic rings. The second-order valence-corrected chi connectivity index (χ2v) is 4.46. The highest BCUT2D eigenvalue weighted by molar-refractivity contribution is 5.68. The maximum atomic E-state index is 11.7. The average Bonchev–Trinajstić information content (AvgIpc) is 2.78. The molecule has 0 saturated carbocycles. The summed E-state index contributed by atoms with van der Waals surface area (Å²) in [6.07, 6.45) is -1.12. The molecule has 0 aromatic heterocycles. The van der Waals surface area contributed by atoms with Gasteiger partial charge in [0.05, 0.1) is 19.3 Å². The predicted molar refractivity (Wildman–Crippen MR) is 64.8 cm³/mol. The van der Waals surface area contributed by atoms with Crippen LogP contribution in [0.1, 0.15) is 5.56 Å². The largest absolute Gasteiger partial charge is 0.445 e. The van der Waals surface area contributed by atoms with Gasteiger partial charge in [-0.2, -0.15) is 0 Å². The van der Waals surface area contributed by atoms with E-state index < -0.39 is 12.2 Å². The van der Waals surface area contributed by atoms with Gasteiger partial charge in [0.2, 0.25) is 0 Å². The van der Waals surface area contributed by atoms with E-state index in [1.165, 1.54) is 4.90 Å². The second-order valence-electron chi connectivity index (χ2n) is 4.46. The number of benzene rings is 1. The molecule has 2 rings (SSSR count). The van der Waals surface area contributed by atoms with Crippen LogP contribution in [0.4, 0.5) is 4.79 Å². The Labute approximate surface area is 106 Å². The fourth-order valence-electron chi connectivity index (χ4n) is 1.99. The van der Waals surface area contributed by atoms with E-state index in [0.717, 1.165) is 5.56 Å². The van der Waals surface area contributed by atoms with E-state index in [4.69, 9.17) is 9.84 Å². The van der Waals surface area contributed by atoms with E-state index in [1.807, 2.05) is 30.3 Å². The van der Waals surface area contributed by atoms with E-state index in [2.05, 4.69) is 0 Å². The van der Waals surface area contributed by atoms with Gasteiger partial charge < -0.3 is 19.8 Å². The third-order valence-electron chi connectivity index (χ3n) is 3.10. The van der Waals surface area contributed by atoms with E-state index in [0.29, 0.717) is 6.54 Å². The van der Waals surface area contributed by atoms with Gasteiger partial charge in [-0.3, -0.25) is 0 Å². The molecule has 1 heterocycles. The molecule has 0 aliphatic carbocycles. The maximum absolute atomic E-state index is 11.7. The summed E-state index contributed by atoms with van der Waals surface area (Å²) in [6.45, 7) is 0.657. The highest BCUT2D eigenvalue weighted by Gasteiger charge is 2.34. The highest BCUT2D eigenvalue weighted by atomic mass is 16.6. The number of nitrogens with zero attached hydrogens (tertiary/aromatic N) is 1. The van der Waals surface area contributed by atoms with Crippen LogP contribution < -0.4 is 0 Å². The average molecular weight is 251 g/mol. The van der Waals surface area contributed by atoms with Gasteiger partial charge >= 0.3 is 6.09 Å². The summed E-state index contributed by atoms with van der Waals surface area (Å²) < 4.78 is 5.15. The third kappa shape index (κ3) is 3.00. The van der Waals surface area contributed by atoms with Gasteiger partial charge in [0.15, 0.2) is 0 Å². The zero-order valence-electron chi connectivity index (χ0n) is 10.0. The number of ether oxygens (including phenoxy) is 1. The molecule has 1 aromatic rings. The summed E-state index contributed by atoms with van der Waals surface area (Å²) in [5, 5.41) is 18.6. The van der Waals surface area contributed by atoms with Crippen molar-refractivity contribution in [1.29, 1.82) is 0 Å². The van der Waals surface area contributed by atoms with E-state index in [1.54, 1.807) is 0 Å². The van der Waals surface area contributed by atoms with Crippen LogP contribution in [0, 0.1) is 5.92 Å². The molecule has 1 fully saturated rings. The molecular formula is C13H17NO4. The van der Waals surface area contributed by atoms with Crippen LogP contribution in [0.5, 0.6) is 0 Å². The molecule has 2 N–H and O–H groups in total. The summed E-state index contributed by atoms with van der Waals surface area (Å²) in [7, 11) is 0. The Bertz CT molecular complexity index is 395. The number of carbonyl (C=O) groups is 1. The first-order valence-corrected chi connectivity index (χ1v) is 5.95. The maximum Gasteiger partial charge on any atom is 0.410 e. The summed E-state index contributed by atoms with van der Waals surface area (Å²) in [4.78, 5) is 13.2. The van der Waals surface area contributed by atoms with Crippen LogP contribution in [0.2, 0.25) is 0 Å². The Morgan fingerprint density at radius 2 is 2.06 bits per heavy atom. The van der Waals surface area contributed by atoms with Crippen molar-refractivity contribution in [3.8, 4) is 0 Å². The minimum Gasteiger partial charge on any atom is -0.445 e. The minimum atomic E-state index is -0.667. The Kier molecular flexibility index (Phi) is 4.17. The molecule has 2 atom stereocenters. The number of carbonyl (C=O) groups excluding carboxylic acids is 1. The number of aliphatic hydroxyl groups excluding tert-OH is 2. The van der Waals surface area contributed by atoms with E-state index >= 15 is 0 Å². The molecule has 5 nitrogen and oxygen atoms in total. The number of amides is 1. The molecule has 1 saturated heterocycles. The van der Waals surface area contributed by atoms with Gasteiger partial charge in [0.25, 0.3) is 0 Å². The first kappa shape index (κ1) is 12.9. The van der Waals surface area contributed by atoms with Crippen molar-refractivity contribution in [1.82, 2.24) is 4.90 Å². The monoisotopic (exact) mass is 251 g/mol. The van der Waals surface area contributed by atoms with Gasteiger partial charge in [-0.15, -0.1) is 0 Å². The minimum absolute atomic E-state index is 0.121. The van der Waals surface area contributed by atoms with E-state index in [-0.39, 0.29) is 25.7 Å². The number of hydrogen-bond acceptors (Lipinski definition) is 4. The molecule has 1 aromatic carbocycles. The normalized spacial score (nSPS) is 23.1. The van der Waals surface area contributed by atoms with Crippen molar-refractivity contribution >= 4 is 6.09 Å². The smallest absolute Gasteiger partial charge is 0.410 e. The molecule has 5 heteroatoms. The topological polar surface area (TPSA) is 70.0 Å². The van der Waals surface area contributed by atoms with Crippen molar-refractivity contribution in [2.24, 2.45) is 5.92 Å². The van der Waals surface area contributed by atoms with Gasteiger partial charge in [-0.25, -0.2) is 4.79 Å². The zero-order valence-corrected chi connectivity index (χ0v) is 10.0. The fraction of sp³-hybridized carbons (Fsp3) is 0.462. The first-order valence-electron chi connectivity index (χ1n) is 5.95. The van der Waals surface area contributed by atoms with Crippen LogP contribution >= 0.6 is 0 Å². The molecule has 0 bridgehead atoms. The van der Waals surface area contributed by atoms with E-state index in [9.17, 15) is 9.90 Å². The molecule has 2 unspecified atom stereocenters. The van der Waals surface area contributed by atoms with Gasteiger partial charge in [0, 0.05) is 12.5 Å². The lowest BCUT2D eigenvalue weighted by Gasteiger charge is -2.15. The lowest BCUT2D eigenvalue weighted by Crippen LogP contribution is -2.30. The number of aliphatic hydroxyl groups is 2. The van der Waals surface area contributed by atoms with Crippen molar-refractivity contribution in [2.75, 3.05) is 19.7 Å². The lowest BCUT2D eigenvalue weighted by molar-refractivity contribution is 0.0940. The van der Waals surface area contributed by atoms with Crippen molar-refractivity contribution in [2.45, 2.75) is 12.7 Å². The van der Waals surface area contributed by atoms with Crippen LogP contribution in [0.3, 0.4) is 0 Å². The number of hydrogen-bond donors (Lipinski definition) is 2. The summed E-state index contributed by atoms with van der Waals surface area (Å²) in [5.74, 6) is -0.269. The van der Waals surface area contributed by atoms with Crippen LogP contribution in [0.25, 0.3) is 0 Å². The molecule has 1 amide bonds. The van der Waals surface area contributed by atoms with Crippen molar-refractivity contribution in [3.05, 3.63) is 35.9 Å². The zero-order chi connectivity index (χ0) is 13.0. The Hall–Kier alpha value is -1.59. The van der Waals surface area contributed by atoms with Gasteiger partial charge in [0.1, 0.15) is 6.61 Å². The Balaban J connectivity index is 1.82. The second kappa shape index (κ2) is 5.84. The SMILES string of the molecule is O=C(OCc1ccccc1)N1CC(O)C(CO)C1. The molecule has 0 radical (unpaired) electrons. The molecule has 98 valence electrons. The number of β-amino-alcohol motifs (C(OH)–C–C–N with tert-alkyl or cyclic N) is 1. The molecule has 1 aliphatic heterocycles. The predicted octanol–water partition coefficient (Wildman–Crippen LogP) is 0.608. The van der Waals surface area contributed by atoms with Gasteiger partial charge in [-0.05, 0) is 5.56 Å². The molecular weight excluding hydrogens is 234 g/mol. The number of rotatable bonds is 3. The number of likely N-dealkylation sites (tertiary alicyclic amines) is 1. The third-order valence-corrected chi connectivity index (χ3v) is 3.10. The first-order chi connectivity index (χ1) is 8.70. The fourth-order valence-corrected chi connectivity index (χ4v) is 1.99. The van der Waals surface area contributed by atoms with Crippen LogP contribution in [0.15, 0.2) is 30.3 Å². The van der Waals surface area contributed by atoms with Crippen LogP contribution in [-0.4, -0.2) is 47.0 Å². The Morgan fingerprint density at radius 3 is 2.67 bits per heavy atom. The Morgan fingerprint density at radius 1 is 1.33 bits per heavy atom. The molecule has 0 spiro atoms. The quantitative estimate of drug-likeness (QED) is 0.825. The summed E-state index contributed by atoms with van der Waals surface area (Å²) in [5.41, 5.74) is 0.921. The lowest BCUT2D eigenvalue weighted by atomic mass is 10.1. The van der Waals surface area contributed by atoms with Crippen molar-refractivity contribution in [3.63, 3.8) is 0 Å². The highest BCUT2D eigenvalue weighted by Crippen LogP contribution is 2.17. The summed E-state index contributed by atoms with van der Waals surface area (Å²) in [6, 6.07) is 9.41. The van der Waals surface area contributed by atoms with Gasteiger partial charge in [-0.1, -0.05) is 30.3 Å². The van der Waals surface area contributed by atoms with Crippen LogP contribution in [-0.2, 0) is 11.3 Å². The summed E-state index contributed by atoms with van der Waals surface area (Å²) >= 11 is 0. The standard InChI is InChI=1S/C13H17NO4/c15-8-11-6-14(7-12(11)16)13(17)18-9-10-4-2-1-3-5-10/h1-5,11-12,15-16H,6-9H2.